The third-order valence-corrected chi connectivity index (χ3v) is 4.22. The number of esters is 1. The van der Waals surface area contributed by atoms with E-state index in [0.717, 1.165) is 4.90 Å². The molecule has 0 radical (unpaired) electrons. The van der Waals surface area contributed by atoms with Crippen LogP contribution in [0.5, 0.6) is 5.88 Å². The average Bonchev–Trinajstić information content (AvgIpc) is 2.96. The van der Waals surface area contributed by atoms with Crippen molar-refractivity contribution >= 4 is 17.8 Å². The highest BCUT2D eigenvalue weighted by atomic mass is 16.6. The van der Waals surface area contributed by atoms with Gasteiger partial charge in [-0.1, -0.05) is 23.3 Å². The van der Waals surface area contributed by atoms with E-state index >= 15 is 0 Å². The molecule has 154 valence electrons. The fourth-order valence-corrected chi connectivity index (χ4v) is 2.88. The first-order valence-corrected chi connectivity index (χ1v) is 9.07. The van der Waals surface area contributed by atoms with E-state index in [2.05, 4.69) is 15.0 Å². The number of hydrogen-bond donors (Lipinski definition) is 0. The first-order chi connectivity index (χ1) is 14.3. The number of pyridine rings is 1. The highest BCUT2D eigenvalue weighted by Gasteiger charge is 2.35. The van der Waals surface area contributed by atoms with Crippen LogP contribution in [0.2, 0.25) is 0 Å². The lowest BCUT2D eigenvalue weighted by atomic mass is 10.1. The van der Waals surface area contributed by atoms with Crippen LogP contribution in [-0.2, 0) is 16.1 Å². The molecule has 10 nitrogen and oxygen atoms in total. The number of hydrogen-bond acceptors (Lipinski definition) is 7. The van der Waals surface area contributed by atoms with Crippen molar-refractivity contribution in [3.8, 4) is 5.88 Å². The van der Waals surface area contributed by atoms with E-state index in [0.29, 0.717) is 16.8 Å². The average molecular weight is 409 g/mol. The van der Waals surface area contributed by atoms with Crippen LogP contribution >= 0.6 is 0 Å². The number of fused-ring (bicyclic) bond motifs is 1. The zero-order valence-corrected chi connectivity index (χ0v) is 16.4. The van der Waals surface area contributed by atoms with Gasteiger partial charge in [0.15, 0.2) is 6.61 Å². The smallest absolute Gasteiger partial charge is 0.344 e. The molecule has 0 atom stereocenters. The Balaban J connectivity index is 1.61. The minimum atomic E-state index is -0.965. The van der Waals surface area contributed by atoms with Gasteiger partial charge in [-0.25, -0.2) is 9.78 Å². The number of benzene rings is 1. The van der Waals surface area contributed by atoms with E-state index in [9.17, 15) is 14.4 Å². The Morgan fingerprint density at radius 1 is 1.13 bits per heavy atom. The van der Waals surface area contributed by atoms with Gasteiger partial charge in [0.25, 0.3) is 11.8 Å². The summed E-state index contributed by atoms with van der Waals surface area (Å²) in [6.07, 6.45) is 0. The summed E-state index contributed by atoms with van der Waals surface area (Å²) >= 11 is 0. The molecule has 10 heteroatoms. The van der Waals surface area contributed by atoms with Crippen LogP contribution < -0.4 is 4.74 Å². The lowest BCUT2D eigenvalue weighted by molar-refractivity contribution is -0.158. The van der Waals surface area contributed by atoms with Crippen LogP contribution in [0.3, 0.4) is 0 Å². The molecular weight excluding hydrogens is 390 g/mol. The fraction of sp³-hybridized carbons (Fsp3) is 0.300. The number of rotatable bonds is 8. The van der Waals surface area contributed by atoms with Crippen LogP contribution in [0.1, 0.15) is 40.3 Å². The van der Waals surface area contributed by atoms with Gasteiger partial charge in [-0.3, -0.25) is 14.5 Å². The predicted octanol–water partition coefficient (Wildman–Crippen LogP) is 2.89. The van der Waals surface area contributed by atoms with Crippen LogP contribution in [-0.4, -0.2) is 46.4 Å². The summed E-state index contributed by atoms with van der Waals surface area (Å²) in [6, 6.07) is 11.5. The normalized spacial score (nSPS) is 12.9. The standard InChI is InChI=1S/C20H19N5O5/c1-20(2,12-22-24-21)30-17(26)11-29-16-9-5-6-13(23-16)10-25-18(27)14-7-3-4-8-15(14)19(25)28/h3-9H,10-12H2,1-2H3. The summed E-state index contributed by atoms with van der Waals surface area (Å²) in [4.78, 5) is 44.9. The number of carbonyl (C=O) groups excluding carboxylic acids is 3. The van der Waals surface area contributed by atoms with Gasteiger partial charge >= 0.3 is 5.97 Å². The number of imide groups is 1. The maximum atomic E-state index is 12.5. The minimum absolute atomic E-state index is 0.0107. The van der Waals surface area contributed by atoms with E-state index in [1.807, 2.05) is 0 Å². The number of amides is 2. The molecule has 0 aliphatic carbocycles. The largest absolute Gasteiger partial charge is 0.466 e. The van der Waals surface area contributed by atoms with Crippen molar-refractivity contribution in [1.82, 2.24) is 9.88 Å². The molecule has 2 aromatic rings. The molecule has 1 aromatic carbocycles. The van der Waals surface area contributed by atoms with Gasteiger partial charge in [-0.15, -0.1) is 0 Å². The summed E-state index contributed by atoms with van der Waals surface area (Å²) in [7, 11) is 0. The molecule has 0 saturated carbocycles. The van der Waals surface area contributed by atoms with Crippen molar-refractivity contribution in [2.75, 3.05) is 13.2 Å². The Kier molecular flexibility index (Phi) is 5.98. The molecule has 0 unspecified atom stereocenters. The lowest BCUT2D eigenvalue weighted by Gasteiger charge is -2.22. The monoisotopic (exact) mass is 409 g/mol. The van der Waals surface area contributed by atoms with Gasteiger partial charge in [0, 0.05) is 11.0 Å². The van der Waals surface area contributed by atoms with E-state index in [1.165, 1.54) is 0 Å². The zero-order valence-electron chi connectivity index (χ0n) is 16.4. The van der Waals surface area contributed by atoms with E-state index in [-0.39, 0.29) is 30.8 Å². The lowest BCUT2D eigenvalue weighted by Crippen LogP contribution is -2.33. The molecule has 3 rings (SSSR count). The summed E-state index contributed by atoms with van der Waals surface area (Å²) in [5.74, 6) is -1.27. The number of nitrogens with zero attached hydrogens (tertiary/aromatic N) is 5. The molecule has 30 heavy (non-hydrogen) atoms. The fourth-order valence-electron chi connectivity index (χ4n) is 2.88. The van der Waals surface area contributed by atoms with Crippen LogP contribution in [0.15, 0.2) is 47.6 Å². The van der Waals surface area contributed by atoms with Crippen LogP contribution in [0, 0.1) is 0 Å². The highest BCUT2D eigenvalue weighted by Crippen LogP contribution is 2.24. The quantitative estimate of drug-likeness (QED) is 0.216. The van der Waals surface area contributed by atoms with Crippen molar-refractivity contribution < 1.29 is 23.9 Å². The van der Waals surface area contributed by atoms with Crippen molar-refractivity contribution in [3.63, 3.8) is 0 Å². The van der Waals surface area contributed by atoms with Gasteiger partial charge in [0.1, 0.15) is 5.60 Å². The van der Waals surface area contributed by atoms with Crippen molar-refractivity contribution in [1.29, 1.82) is 0 Å². The van der Waals surface area contributed by atoms with Crippen LogP contribution in [0.4, 0.5) is 0 Å². The first kappa shape index (κ1) is 20.8. The molecule has 2 heterocycles. The molecule has 0 fully saturated rings. The van der Waals surface area contributed by atoms with Gasteiger partial charge in [-0.2, -0.15) is 0 Å². The predicted molar refractivity (Wildman–Crippen MR) is 105 cm³/mol. The van der Waals surface area contributed by atoms with Crippen molar-refractivity contribution in [2.24, 2.45) is 5.11 Å². The van der Waals surface area contributed by atoms with Gasteiger partial charge < -0.3 is 9.47 Å². The van der Waals surface area contributed by atoms with E-state index in [1.54, 1.807) is 56.3 Å². The molecule has 1 aromatic heterocycles. The summed E-state index contributed by atoms with van der Waals surface area (Å²) in [6.45, 7) is 2.79. The van der Waals surface area contributed by atoms with E-state index < -0.39 is 18.2 Å². The molecule has 0 N–H and O–H groups in total. The van der Waals surface area contributed by atoms with Gasteiger partial charge in [0.05, 0.1) is 29.9 Å². The van der Waals surface area contributed by atoms with Gasteiger partial charge in [0.2, 0.25) is 5.88 Å². The first-order valence-electron chi connectivity index (χ1n) is 9.07. The number of azide groups is 1. The Hall–Kier alpha value is -3.91. The second-order valence-electron chi connectivity index (χ2n) is 7.12. The Morgan fingerprint density at radius 2 is 1.80 bits per heavy atom. The maximum absolute atomic E-state index is 12.5. The third kappa shape index (κ3) is 4.73. The Bertz CT molecular complexity index is 1010. The van der Waals surface area contributed by atoms with E-state index in [4.69, 9.17) is 15.0 Å². The molecule has 2 amide bonds. The second-order valence-corrected chi connectivity index (χ2v) is 7.12. The SMILES string of the molecule is CC(C)(CN=[N+]=[N-])OC(=O)COc1cccc(CN2C(=O)c3ccccc3C2=O)n1. The topological polar surface area (TPSA) is 135 Å². The molecule has 1 aliphatic heterocycles. The molecule has 0 spiro atoms. The molecule has 0 saturated heterocycles. The minimum Gasteiger partial charge on any atom is -0.466 e. The van der Waals surface area contributed by atoms with Crippen molar-refractivity contribution in [2.45, 2.75) is 26.0 Å². The second kappa shape index (κ2) is 8.62. The number of ether oxygens (including phenoxy) is 2. The maximum Gasteiger partial charge on any atom is 0.344 e. The van der Waals surface area contributed by atoms with Crippen LogP contribution in [0.25, 0.3) is 10.4 Å². The number of aromatic nitrogens is 1. The molecular formula is C20H19N5O5. The Labute approximate surface area is 172 Å². The zero-order chi connectivity index (χ0) is 21.7. The Morgan fingerprint density at radius 3 is 2.43 bits per heavy atom. The highest BCUT2D eigenvalue weighted by molar-refractivity contribution is 6.21. The van der Waals surface area contributed by atoms with Crippen molar-refractivity contribution in [3.05, 3.63) is 69.7 Å². The third-order valence-electron chi connectivity index (χ3n) is 4.22. The van der Waals surface area contributed by atoms with Gasteiger partial charge in [-0.05, 0) is 37.6 Å². The number of carbonyl (C=O) groups is 3. The summed E-state index contributed by atoms with van der Waals surface area (Å²) in [5, 5.41) is 3.39. The summed E-state index contributed by atoms with van der Waals surface area (Å²) in [5.41, 5.74) is 8.56. The summed E-state index contributed by atoms with van der Waals surface area (Å²) < 4.78 is 10.6. The molecule has 0 bridgehead atoms. The molecule has 1 aliphatic rings.